The molecule has 82 valence electrons. The molecule has 1 aromatic rings. The van der Waals surface area contributed by atoms with E-state index in [4.69, 9.17) is 0 Å². The van der Waals surface area contributed by atoms with E-state index in [0.717, 1.165) is 24.5 Å². The van der Waals surface area contributed by atoms with E-state index in [1.165, 1.54) is 4.88 Å². The zero-order chi connectivity index (χ0) is 10.7. The average Bonchev–Trinajstić information content (AvgIpc) is 2.48. The van der Waals surface area contributed by atoms with Crippen molar-refractivity contribution < 1.29 is 4.79 Å². The highest BCUT2D eigenvalue weighted by Crippen LogP contribution is 2.15. The van der Waals surface area contributed by atoms with Crippen LogP contribution in [0.1, 0.15) is 9.75 Å². The van der Waals surface area contributed by atoms with Crippen molar-refractivity contribution in [3.63, 3.8) is 0 Å². The van der Waals surface area contributed by atoms with E-state index < -0.39 is 0 Å². The number of carbonyl (C=O) groups is 1. The predicted molar refractivity (Wildman–Crippen MR) is 62.1 cm³/mol. The maximum atomic E-state index is 11.5. The molecule has 0 atom stereocenters. The van der Waals surface area contributed by atoms with Crippen LogP contribution in [-0.2, 0) is 11.2 Å². The highest BCUT2D eigenvalue weighted by molar-refractivity contribution is 7.12. The van der Waals surface area contributed by atoms with E-state index in [-0.39, 0.29) is 5.91 Å². The second kappa shape index (κ2) is 4.77. The Hall–Kier alpha value is -0.870. The van der Waals surface area contributed by atoms with Crippen molar-refractivity contribution in [2.45, 2.75) is 13.3 Å². The summed E-state index contributed by atoms with van der Waals surface area (Å²) in [5.74, 6) is 0.780. The molecule has 2 N–H and O–H groups in total. The highest BCUT2D eigenvalue weighted by Gasteiger charge is 2.17. The van der Waals surface area contributed by atoms with Gasteiger partial charge in [-0.25, -0.2) is 0 Å². The lowest BCUT2D eigenvalue weighted by atomic mass is 10.0. The minimum Gasteiger partial charge on any atom is -0.355 e. The molecule has 4 heteroatoms. The van der Waals surface area contributed by atoms with Crippen molar-refractivity contribution in [1.82, 2.24) is 10.6 Å². The Balaban J connectivity index is 1.71. The molecule has 0 aliphatic carbocycles. The van der Waals surface area contributed by atoms with Gasteiger partial charge in [0.1, 0.15) is 0 Å². The Morgan fingerprint density at radius 1 is 1.60 bits per heavy atom. The summed E-state index contributed by atoms with van der Waals surface area (Å²) in [5, 5.41) is 6.16. The summed E-state index contributed by atoms with van der Waals surface area (Å²) in [4.78, 5) is 14.0. The molecule has 1 fully saturated rings. The first-order valence-corrected chi connectivity index (χ1v) is 6.08. The van der Waals surface area contributed by atoms with Crippen LogP contribution in [0.3, 0.4) is 0 Å². The minimum atomic E-state index is 0.142. The van der Waals surface area contributed by atoms with Gasteiger partial charge in [-0.1, -0.05) is 0 Å². The molecule has 1 amide bonds. The fourth-order valence-electron chi connectivity index (χ4n) is 1.55. The van der Waals surface area contributed by atoms with Crippen LogP contribution in [0.15, 0.2) is 12.1 Å². The third-order valence-corrected chi connectivity index (χ3v) is 3.59. The van der Waals surface area contributed by atoms with Crippen LogP contribution in [0, 0.1) is 12.8 Å². The van der Waals surface area contributed by atoms with Crippen molar-refractivity contribution in [3.8, 4) is 0 Å². The molecular formula is C11H16N2OS. The van der Waals surface area contributed by atoms with Gasteiger partial charge in [-0.3, -0.25) is 4.79 Å². The Morgan fingerprint density at radius 3 is 2.93 bits per heavy atom. The van der Waals surface area contributed by atoms with Crippen molar-refractivity contribution in [3.05, 3.63) is 21.9 Å². The van der Waals surface area contributed by atoms with Crippen molar-refractivity contribution in [2.24, 2.45) is 5.92 Å². The summed E-state index contributed by atoms with van der Waals surface area (Å²) in [6, 6.07) is 4.09. The van der Waals surface area contributed by atoms with Gasteiger partial charge in [-0.05, 0) is 19.1 Å². The summed E-state index contributed by atoms with van der Waals surface area (Å²) >= 11 is 1.70. The Morgan fingerprint density at radius 2 is 2.40 bits per heavy atom. The Bertz CT molecular complexity index is 344. The first-order valence-electron chi connectivity index (χ1n) is 5.27. The maximum absolute atomic E-state index is 11.5. The smallest absolute Gasteiger partial charge is 0.225 e. The van der Waals surface area contributed by atoms with Crippen LogP contribution in [0.4, 0.5) is 0 Å². The average molecular weight is 224 g/mol. The van der Waals surface area contributed by atoms with Gasteiger partial charge in [0.25, 0.3) is 0 Å². The molecule has 0 unspecified atom stereocenters. The van der Waals surface area contributed by atoms with Crippen molar-refractivity contribution in [1.29, 1.82) is 0 Å². The number of hydrogen-bond donors (Lipinski definition) is 2. The van der Waals surface area contributed by atoms with Crippen LogP contribution in [0.5, 0.6) is 0 Å². The monoisotopic (exact) mass is 224 g/mol. The van der Waals surface area contributed by atoms with Gasteiger partial charge in [0, 0.05) is 35.3 Å². The molecule has 15 heavy (non-hydrogen) atoms. The van der Waals surface area contributed by atoms with E-state index >= 15 is 0 Å². The molecule has 0 saturated carbocycles. The molecule has 0 radical (unpaired) electrons. The molecule has 1 aliphatic heterocycles. The number of aryl methyl sites for hydroxylation is 1. The molecule has 1 saturated heterocycles. The molecule has 1 aliphatic rings. The zero-order valence-corrected chi connectivity index (χ0v) is 9.69. The molecule has 2 heterocycles. The number of amides is 1. The Labute approximate surface area is 93.9 Å². The van der Waals surface area contributed by atoms with Crippen LogP contribution in [0.25, 0.3) is 0 Å². The lowest BCUT2D eigenvalue weighted by Crippen LogP contribution is -2.48. The van der Waals surface area contributed by atoms with Gasteiger partial charge in [-0.15, -0.1) is 11.3 Å². The number of thiophene rings is 1. The maximum Gasteiger partial charge on any atom is 0.225 e. The van der Waals surface area contributed by atoms with Gasteiger partial charge < -0.3 is 10.6 Å². The molecule has 0 aromatic carbocycles. The van der Waals surface area contributed by atoms with Gasteiger partial charge >= 0.3 is 0 Å². The first kappa shape index (κ1) is 10.6. The molecule has 0 spiro atoms. The Kier molecular flexibility index (Phi) is 3.38. The van der Waals surface area contributed by atoms with Crippen molar-refractivity contribution in [2.75, 3.05) is 19.6 Å². The van der Waals surface area contributed by atoms with Crippen molar-refractivity contribution >= 4 is 17.2 Å². The molecule has 1 aromatic heterocycles. The zero-order valence-electron chi connectivity index (χ0n) is 8.88. The standard InChI is InChI=1S/C11H16N2OS/c1-8-2-3-10(15-8)4-11(14)13-7-9-5-12-6-9/h2-3,9,12H,4-7H2,1H3,(H,13,14). The van der Waals surface area contributed by atoms with Crippen LogP contribution in [-0.4, -0.2) is 25.5 Å². The van der Waals surface area contributed by atoms with Gasteiger partial charge in [0.2, 0.25) is 5.91 Å². The number of rotatable bonds is 4. The topological polar surface area (TPSA) is 41.1 Å². The number of carbonyl (C=O) groups excluding carboxylic acids is 1. The summed E-state index contributed by atoms with van der Waals surface area (Å²) in [7, 11) is 0. The third-order valence-electron chi connectivity index (χ3n) is 2.58. The molecule has 0 bridgehead atoms. The minimum absolute atomic E-state index is 0.142. The fraction of sp³-hybridized carbons (Fsp3) is 0.545. The molecular weight excluding hydrogens is 208 g/mol. The highest BCUT2D eigenvalue weighted by atomic mass is 32.1. The molecule has 3 nitrogen and oxygen atoms in total. The van der Waals surface area contributed by atoms with Gasteiger partial charge in [0.15, 0.2) is 0 Å². The quantitative estimate of drug-likeness (QED) is 0.799. The lowest BCUT2D eigenvalue weighted by molar-refractivity contribution is -0.120. The third kappa shape index (κ3) is 3.04. The fourth-order valence-corrected chi connectivity index (χ4v) is 2.44. The summed E-state index contributed by atoms with van der Waals surface area (Å²) in [6.45, 7) is 4.96. The second-order valence-electron chi connectivity index (χ2n) is 4.02. The predicted octanol–water partition coefficient (Wildman–Crippen LogP) is 0.935. The number of nitrogens with one attached hydrogen (secondary N) is 2. The SMILES string of the molecule is Cc1ccc(CC(=O)NCC2CNC2)s1. The van der Waals surface area contributed by atoms with Crippen LogP contribution < -0.4 is 10.6 Å². The van der Waals surface area contributed by atoms with E-state index in [1.54, 1.807) is 11.3 Å². The van der Waals surface area contributed by atoms with Gasteiger partial charge in [-0.2, -0.15) is 0 Å². The summed E-state index contributed by atoms with van der Waals surface area (Å²) in [6.07, 6.45) is 0.526. The van der Waals surface area contributed by atoms with E-state index in [9.17, 15) is 4.79 Å². The normalized spacial score (nSPS) is 16.1. The number of hydrogen-bond acceptors (Lipinski definition) is 3. The van der Waals surface area contributed by atoms with Gasteiger partial charge in [0.05, 0.1) is 6.42 Å². The lowest BCUT2D eigenvalue weighted by Gasteiger charge is -2.27. The summed E-state index contributed by atoms with van der Waals surface area (Å²) in [5.41, 5.74) is 0. The van der Waals surface area contributed by atoms with E-state index in [0.29, 0.717) is 12.3 Å². The first-order chi connectivity index (χ1) is 7.24. The van der Waals surface area contributed by atoms with Crippen LogP contribution >= 0.6 is 11.3 Å². The van der Waals surface area contributed by atoms with E-state index in [1.807, 2.05) is 6.07 Å². The largest absolute Gasteiger partial charge is 0.355 e. The summed E-state index contributed by atoms with van der Waals surface area (Å²) < 4.78 is 0. The van der Waals surface area contributed by atoms with Crippen LogP contribution in [0.2, 0.25) is 0 Å². The van der Waals surface area contributed by atoms with E-state index in [2.05, 4.69) is 23.6 Å². The molecule has 2 rings (SSSR count). The second-order valence-corrected chi connectivity index (χ2v) is 5.39.